The largest absolute Gasteiger partial charge is 0.492 e. The van der Waals surface area contributed by atoms with E-state index in [1.54, 1.807) is 0 Å². The molecule has 2 rings (SSSR count). The molecule has 1 aromatic carbocycles. The molecule has 1 N–H and O–H groups in total. The van der Waals surface area contributed by atoms with E-state index in [0.717, 1.165) is 0 Å². The lowest BCUT2D eigenvalue weighted by Gasteiger charge is -2.09. The molecule has 1 aliphatic rings. The molecule has 8 nitrogen and oxygen atoms in total. The summed E-state index contributed by atoms with van der Waals surface area (Å²) in [5, 5.41) is 13.2. The van der Waals surface area contributed by atoms with Gasteiger partial charge in [-0.05, 0) is 24.5 Å². The third kappa shape index (κ3) is 5.51. The maximum atomic E-state index is 11.7. The van der Waals surface area contributed by atoms with Gasteiger partial charge in [0.25, 0.3) is 5.69 Å². The Labute approximate surface area is 133 Å². The molecule has 1 fully saturated rings. The molecule has 0 aliphatic carbocycles. The zero-order valence-electron chi connectivity index (χ0n) is 12.4. The van der Waals surface area contributed by atoms with Gasteiger partial charge in [-0.3, -0.25) is 14.9 Å². The van der Waals surface area contributed by atoms with Gasteiger partial charge in [-0.1, -0.05) is 0 Å². The number of hydrogen-bond donors (Lipinski definition) is 1. The number of nitro groups is 1. The summed E-state index contributed by atoms with van der Waals surface area (Å²) < 4.78 is 28.0. The van der Waals surface area contributed by atoms with Crippen molar-refractivity contribution in [3.63, 3.8) is 0 Å². The van der Waals surface area contributed by atoms with Crippen LogP contribution in [0.4, 0.5) is 5.69 Å². The maximum absolute atomic E-state index is 11.7. The first-order valence-electron chi connectivity index (χ1n) is 7.20. The Balaban J connectivity index is 1.65. The summed E-state index contributed by atoms with van der Waals surface area (Å²) in [6.45, 7) is 0.516. The Bertz CT molecular complexity index is 671. The Morgan fingerprint density at radius 1 is 1.35 bits per heavy atom. The van der Waals surface area contributed by atoms with E-state index in [1.807, 2.05) is 0 Å². The van der Waals surface area contributed by atoms with Gasteiger partial charge in [0.1, 0.15) is 12.4 Å². The predicted octanol–water partition coefficient (Wildman–Crippen LogP) is 0.915. The van der Waals surface area contributed by atoms with E-state index in [2.05, 4.69) is 5.32 Å². The number of nitro benzene ring substituents is 1. The molecule has 23 heavy (non-hydrogen) atoms. The van der Waals surface area contributed by atoms with Crippen LogP contribution in [0, 0.1) is 16.0 Å². The van der Waals surface area contributed by atoms with Gasteiger partial charge in [0, 0.05) is 18.6 Å². The van der Waals surface area contributed by atoms with Crippen LogP contribution in [-0.4, -0.2) is 43.9 Å². The first-order chi connectivity index (χ1) is 10.9. The van der Waals surface area contributed by atoms with Crippen LogP contribution in [0.15, 0.2) is 24.3 Å². The van der Waals surface area contributed by atoms with Crippen molar-refractivity contribution in [2.45, 2.75) is 12.8 Å². The third-order valence-corrected chi connectivity index (χ3v) is 5.38. The Hall–Kier alpha value is -2.16. The van der Waals surface area contributed by atoms with Crippen molar-refractivity contribution in [3.05, 3.63) is 34.4 Å². The van der Waals surface area contributed by atoms with Gasteiger partial charge in [-0.2, -0.15) is 0 Å². The van der Waals surface area contributed by atoms with Crippen LogP contribution in [0.3, 0.4) is 0 Å². The molecular weight excluding hydrogens is 324 g/mol. The highest BCUT2D eigenvalue weighted by Gasteiger charge is 2.29. The zero-order chi connectivity index (χ0) is 16.9. The highest BCUT2D eigenvalue weighted by Crippen LogP contribution is 2.21. The number of sulfone groups is 1. The van der Waals surface area contributed by atoms with E-state index >= 15 is 0 Å². The fourth-order valence-electron chi connectivity index (χ4n) is 2.39. The van der Waals surface area contributed by atoms with Crippen LogP contribution < -0.4 is 10.1 Å². The standard InChI is InChI=1S/C14H18N2O6S/c17-14(9-11-5-8-23(20,21)10-11)15-6-7-22-13-3-1-12(2-4-13)16(18)19/h1-4,11H,5-10H2,(H,15,17). The fourth-order valence-corrected chi connectivity index (χ4v) is 4.25. The molecule has 1 aliphatic heterocycles. The van der Waals surface area contributed by atoms with Crippen LogP contribution in [0.5, 0.6) is 5.75 Å². The minimum atomic E-state index is -2.96. The van der Waals surface area contributed by atoms with Gasteiger partial charge in [-0.25, -0.2) is 8.42 Å². The van der Waals surface area contributed by atoms with Gasteiger partial charge in [0.05, 0.1) is 23.0 Å². The number of carbonyl (C=O) groups is 1. The van der Waals surface area contributed by atoms with Crippen molar-refractivity contribution in [1.29, 1.82) is 0 Å². The molecule has 0 spiro atoms. The second-order valence-electron chi connectivity index (χ2n) is 5.42. The van der Waals surface area contributed by atoms with Gasteiger partial charge in [-0.15, -0.1) is 0 Å². The van der Waals surface area contributed by atoms with Crippen LogP contribution in [0.1, 0.15) is 12.8 Å². The minimum absolute atomic E-state index is 0.0165. The normalized spacial score (nSPS) is 19.2. The number of amides is 1. The molecule has 1 atom stereocenters. The lowest BCUT2D eigenvalue weighted by atomic mass is 10.1. The number of rotatable bonds is 7. The zero-order valence-corrected chi connectivity index (χ0v) is 13.3. The molecular formula is C14H18N2O6S. The summed E-state index contributed by atoms with van der Waals surface area (Å²) in [5.74, 6) is 0.426. The number of nitrogens with one attached hydrogen (secondary N) is 1. The molecule has 0 saturated carbocycles. The summed E-state index contributed by atoms with van der Waals surface area (Å²) in [6, 6.07) is 5.66. The Kier molecular flexibility index (Phi) is 5.54. The van der Waals surface area contributed by atoms with Crippen molar-refractivity contribution in [2.75, 3.05) is 24.7 Å². The van der Waals surface area contributed by atoms with Gasteiger partial charge in [0.2, 0.25) is 5.91 Å². The number of non-ortho nitro benzene ring substituents is 1. The Morgan fingerprint density at radius 2 is 2.04 bits per heavy atom. The van der Waals surface area contributed by atoms with E-state index in [4.69, 9.17) is 4.74 Å². The maximum Gasteiger partial charge on any atom is 0.269 e. The number of nitrogens with zero attached hydrogens (tertiary/aromatic N) is 1. The Morgan fingerprint density at radius 3 is 2.61 bits per heavy atom. The van der Waals surface area contributed by atoms with E-state index in [-0.39, 0.29) is 48.6 Å². The van der Waals surface area contributed by atoms with Crippen LogP contribution in [-0.2, 0) is 14.6 Å². The number of hydrogen-bond acceptors (Lipinski definition) is 6. The monoisotopic (exact) mass is 342 g/mol. The minimum Gasteiger partial charge on any atom is -0.492 e. The molecule has 0 aromatic heterocycles. The molecule has 1 amide bonds. The summed E-state index contributed by atoms with van der Waals surface area (Å²) in [7, 11) is -2.96. The molecule has 0 radical (unpaired) electrons. The molecule has 1 aromatic rings. The molecule has 1 saturated heterocycles. The lowest BCUT2D eigenvalue weighted by Crippen LogP contribution is -2.29. The van der Waals surface area contributed by atoms with Crippen LogP contribution in [0.2, 0.25) is 0 Å². The van der Waals surface area contributed by atoms with Crippen molar-refractivity contribution < 1.29 is 22.9 Å². The van der Waals surface area contributed by atoms with Gasteiger partial charge >= 0.3 is 0 Å². The number of ether oxygens (including phenoxy) is 1. The van der Waals surface area contributed by atoms with E-state index in [1.165, 1.54) is 24.3 Å². The van der Waals surface area contributed by atoms with Crippen LogP contribution in [0.25, 0.3) is 0 Å². The SMILES string of the molecule is O=C(CC1CCS(=O)(=O)C1)NCCOc1ccc([N+](=O)[O-])cc1. The average Bonchev–Trinajstić information content (AvgIpc) is 2.83. The summed E-state index contributed by atoms with van der Waals surface area (Å²) >= 11 is 0. The second-order valence-corrected chi connectivity index (χ2v) is 7.65. The first-order valence-corrected chi connectivity index (χ1v) is 9.02. The predicted molar refractivity (Wildman–Crippen MR) is 83.0 cm³/mol. The van der Waals surface area contributed by atoms with Crippen molar-refractivity contribution in [2.24, 2.45) is 5.92 Å². The van der Waals surface area contributed by atoms with Crippen molar-refractivity contribution in [3.8, 4) is 5.75 Å². The summed E-state index contributed by atoms with van der Waals surface area (Å²) in [5.41, 5.74) is -0.0165. The summed E-state index contributed by atoms with van der Waals surface area (Å²) in [4.78, 5) is 21.7. The van der Waals surface area contributed by atoms with Crippen molar-refractivity contribution in [1.82, 2.24) is 5.32 Å². The molecule has 9 heteroatoms. The second kappa shape index (κ2) is 7.40. The average molecular weight is 342 g/mol. The first kappa shape index (κ1) is 17.2. The van der Waals surface area contributed by atoms with Crippen molar-refractivity contribution >= 4 is 21.4 Å². The van der Waals surface area contributed by atoms with Gasteiger partial charge in [0.15, 0.2) is 9.84 Å². The fraction of sp³-hybridized carbons (Fsp3) is 0.500. The highest BCUT2D eigenvalue weighted by molar-refractivity contribution is 7.91. The summed E-state index contributed by atoms with van der Waals surface area (Å²) in [6.07, 6.45) is 0.742. The molecule has 1 heterocycles. The molecule has 0 bridgehead atoms. The molecule has 126 valence electrons. The van der Waals surface area contributed by atoms with E-state index in [9.17, 15) is 23.3 Å². The quantitative estimate of drug-likeness (QED) is 0.447. The van der Waals surface area contributed by atoms with E-state index < -0.39 is 14.8 Å². The lowest BCUT2D eigenvalue weighted by molar-refractivity contribution is -0.384. The molecule has 1 unspecified atom stereocenters. The van der Waals surface area contributed by atoms with E-state index in [0.29, 0.717) is 12.2 Å². The van der Waals surface area contributed by atoms with Gasteiger partial charge < -0.3 is 10.1 Å². The number of benzene rings is 1. The smallest absolute Gasteiger partial charge is 0.269 e. The highest BCUT2D eigenvalue weighted by atomic mass is 32.2. The number of carbonyl (C=O) groups excluding carboxylic acids is 1. The van der Waals surface area contributed by atoms with Crippen LogP contribution >= 0.6 is 0 Å². The topological polar surface area (TPSA) is 116 Å². The third-order valence-electron chi connectivity index (χ3n) is 3.54.